The van der Waals surface area contributed by atoms with Gasteiger partial charge in [-0.2, -0.15) is 0 Å². The van der Waals surface area contributed by atoms with E-state index in [4.69, 9.17) is 0 Å². The molecular formula is C14H26N2O2S2. The molecule has 4 nitrogen and oxygen atoms in total. The predicted molar refractivity (Wildman–Crippen MR) is 85.7 cm³/mol. The first-order valence-corrected chi connectivity index (χ1v) is 9.45. The van der Waals surface area contributed by atoms with E-state index in [0.717, 1.165) is 22.6 Å². The monoisotopic (exact) mass is 318 g/mol. The molecule has 0 aliphatic rings. The molecule has 0 bridgehead atoms. The Hall–Kier alpha value is -0.430. The van der Waals surface area contributed by atoms with Gasteiger partial charge in [-0.3, -0.25) is 0 Å². The van der Waals surface area contributed by atoms with Crippen molar-refractivity contribution in [3.05, 3.63) is 15.8 Å². The Morgan fingerprint density at radius 2 is 1.85 bits per heavy atom. The van der Waals surface area contributed by atoms with Gasteiger partial charge in [-0.05, 0) is 25.8 Å². The van der Waals surface area contributed by atoms with Crippen molar-refractivity contribution in [2.45, 2.75) is 71.0 Å². The topological polar surface area (TPSA) is 58.2 Å². The Bertz CT molecular complexity index is 517. The zero-order chi connectivity index (χ0) is 15.3. The number of hydrogen-bond donors (Lipinski definition) is 2. The average Bonchev–Trinajstić information content (AvgIpc) is 2.75. The summed E-state index contributed by atoms with van der Waals surface area (Å²) < 4.78 is 27.6. The van der Waals surface area contributed by atoms with Gasteiger partial charge < -0.3 is 5.32 Å². The van der Waals surface area contributed by atoms with Gasteiger partial charge in [0.2, 0.25) is 10.0 Å². The highest BCUT2D eigenvalue weighted by Crippen LogP contribution is 2.26. The van der Waals surface area contributed by atoms with Crippen molar-refractivity contribution in [3.8, 4) is 0 Å². The standard InChI is InChI=1S/C14H26N2O2S2/c1-6-12(7-2)16-20(17,18)14-8-13(19-11(14)5)9-15-10(3)4/h8,10,12,15-16H,6-7,9H2,1-5H3. The summed E-state index contributed by atoms with van der Waals surface area (Å²) in [6.07, 6.45) is 1.61. The molecule has 0 atom stereocenters. The summed E-state index contributed by atoms with van der Waals surface area (Å²) in [5.74, 6) is 0. The molecule has 0 aliphatic heterocycles. The van der Waals surface area contributed by atoms with Gasteiger partial charge in [-0.15, -0.1) is 11.3 Å². The minimum absolute atomic E-state index is 0.0107. The molecule has 1 aromatic rings. The molecule has 0 unspecified atom stereocenters. The number of hydrogen-bond acceptors (Lipinski definition) is 4. The van der Waals surface area contributed by atoms with Crippen molar-refractivity contribution < 1.29 is 8.42 Å². The molecular weight excluding hydrogens is 292 g/mol. The molecule has 0 saturated heterocycles. The maximum atomic E-state index is 12.4. The second-order valence-corrected chi connectivity index (χ2v) is 8.33. The molecule has 1 aromatic heterocycles. The lowest BCUT2D eigenvalue weighted by Gasteiger charge is -2.14. The highest BCUT2D eigenvalue weighted by molar-refractivity contribution is 7.89. The fourth-order valence-corrected chi connectivity index (χ4v) is 4.91. The first kappa shape index (κ1) is 17.6. The third-order valence-electron chi connectivity index (χ3n) is 3.20. The highest BCUT2D eigenvalue weighted by atomic mass is 32.2. The Balaban J connectivity index is 2.89. The molecule has 0 amide bonds. The van der Waals surface area contributed by atoms with Gasteiger partial charge in [0.1, 0.15) is 0 Å². The summed E-state index contributed by atoms with van der Waals surface area (Å²) in [4.78, 5) is 2.33. The fraction of sp³-hybridized carbons (Fsp3) is 0.714. The fourth-order valence-electron chi connectivity index (χ4n) is 1.92. The van der Waals surface area contributed by atoms with E-state index in [-0.39, 0.29) is 6.04 Å². The first-order chi connectivity index (χ1) is 9.30. The highest BCUT2D eigenvalue weighted by Gasteiger charge is 2.22. The predicted octanol–water partition coefficient (Wildman–Crippen LogP) is 3.02. The maximum absolute atomic E-state index is 12.4. The van der Waals surface area contributed by atoms with Crippen molar-refractivity contribution >= 4 is 21.4 Å². The molecule has 0 aromatic carbocycles. The van der Waals surface area contributed by atoms with Crippen LogP contribution in [0.15, 0.2) is 11.0 Å². The summed E-state index contributed by atoms with van der Waals surface area (Å²) in [5.41, 5.74) is 0. The maximum Gasteiger partial charge on any atom is 0.241 e. The van der Waals surface area contributed by atoms with E-state index >= 15 is 0 Å². The Morgan fingerprint density at radius 1 is 1.25 bits per heavy atom. The average molecular weight is 319 g/mol. The van der Waals surface area contributed by atoms with Crippen LogP contribution in [0, 0.1) is 6.92 Å². The third kappa shape index (κ3) is 4.84. The summed E-state index contributed by atoms with van der Waals surface area (Å²) in [7, 11) is -3.40. The van der Waals surface area contributed by atoms with Gasteiger partial charge in [0.25, 0.3) is 0 Å². The van der Waals surface area contributed by atoms with E-state index in [1.54, 1.807) is 17.4 Å². The molecule has 6 heteroatoms. The van der Waals surface area contributed by atoms with Crippen molar-refractivity contribution in [2.24, 2.45) is 0 Å². The van der Waals surface area contributed by atoms with Crippen LogP contribution in [-0.4, -0.2) is 20.5 Å². The zero-order valence-electron chi connectivity index (χ0n) is 13.0. The largest absolute Gasteiger partial charge is 0.310 e. The molecule has 2 N–H and O–H groups in total. The van der Waals surface area contributed by atoms with Gasteiger partial charge >= 0.3 is 0 Å². The molecule has 1 heterocycles. The first-order valence-electron chi connectivity index (χ1n) is 7.15. The van der Waals surface area contributed by atoms with Gasteiger partial charge in [0.05, 0.1) is 4.90 Å². The third-order valence-corrected chi connectivity index (χ3v) is 6.03. The van der Waals surface area contributed by atoms with Gasteiger partial charge in [0.15, 0.2) is 0 Å². The normalized spacial score (nSPS) is 12.6. The van der Waals surface area contributed by atoms with Crippen LogP contribution < -0.4 is 10.0 Å². The minimum Gasteiger partial charge on any atom is -0.310 e. The van der Waals surface area contributed by atoms with Crippen molar-refractivity contribution in [1.29, 1.82) is 0 Å². The lowest BCUT2D eigenvalue weighted by molar-refractivity contribution is 0.530. The van der Waals surface area contributed by atoms with E-state index in [9.17, 15) is 8.42 Å². The lowest BCUT2D eigenvalue weighted by atomic mass is 10.2. The molecule has 0 spiro atoms. The van der Waals surface area contributed by atoms with E-state index < -0.39 is 10.0 Å². The van der Waals surface area contributed by atoms with E-state index in [0.29, 0.717) is 17.5 Å². The van der Waals surface area contributed by atoms with Crippen LogP contribution in [0.2, 0.25) is 0 Å². The van der Waals surface area contributed by atoms with Crippen LogP contribution in [-0.2, 0) is 16.6 Å². The van der Waals surface area contributed by atoms with Crippen LogP contribution in [0.3, 0.4) is 0 Å². The van der Waals surface area contributed by atoms with Crippen LogP contribution in [0.4, 0.5) is 0 Å². The summed E-state index contributed by atoms with van der Waals surface area (Å²) in [5, 5.41) is 3.31. The molecule has 0 fully saturated rings. The Labute approximate surface area is 127 Å². The van der Waals surface area contributed by atoms with Crippen LogP contribution in [0.25, 0.3) is 0 Å². The van der Waals surface area contributed by atoms with Gasteiger partial charge in [-0.25, -0.2) is 13.1 Å². The molecule has 1 rings (SSSR count). The van der Waals surface area contributed by atoms with Crippen molar-refractivity contribution in [2.75, 3.05) is 0 Å². The smallest absolute Gasteiger partial charge is 0.241 e. The number of sulfonamides is 1. The van der Waals surface area contributed by atoms with Crippen LogP contribution in [0.1, 0.15) is 50.3 Å². The minimum atomic E-state index is -3.40. The van der Waals surface area contributed by atoms with Gasteiger partial charge in [0, 0.05) is 28.4 Å². The summed E-state index contributed by atoms with van der Waals surface area (Å²) in [6, 6.07) is 2.19. The molecule has 0 aliphatic carbocycles. The van der Waals surface area contributed by atoms with Gasteiger partial charge in [-0.1, -0.05) is 27.7 Å². The zero-order valence-corrected chi connectivity index (χ0v) is 14.6. The second-order valence-electron chi connectivity index (χ2n) is 5.30. The van der Waals surface area contributed by atoms with Crippen molar-refractivity contribution in [1.82, 2.24) is 10.0 Å². The van der Waals surface area contributed by atoms with E-state index in [2.05, 4.69) is 23.9 Å². The number of rotatable bonds is 8. The lowest BCUT2D eigenvalue weighted by Crippen LogP contribution is -2.33. The number of nitrogens with one attached hydrogen (secondary N) is 2. The Kier molecular flexibility index (Phi) is 6.64. The SMILES string of the molecule is CCC(CC)NS(=O)(=O)c1cc(CNC(C)C)sc1C. The molecule has 0 saturated carbocycles. The summed E-state index contributed by atoms with van der Waals surface area (Å²) >= 11 is 1.54. The van der Waals surface area contributed by atoms with Crippen molar-refractivity contribution in [3.63, 3.8) is 0 Å². The van der Waals surface area contributed by atoms with E-state index in [1.807, 2.05) is 20.8 Å². The molecule has 116 valence electrons. The number of aryl methyl sites for hydroxylation is 1. The number of thiophene rings is 1. The molecule has 0 radical (unpaired) electrons. The van der Waals surface area contributed by atoms with E-state index in [1.165, 1.54) is 0 Å². The Morgan fingerprint density at radius 3 is 2.35 bits per heavy atom. The quantitative estimate of drug-likeness (QED) is 0.774. The second kappa shape index (κ2) is 7.54. The van der Waals surface area contributed by atoms with Crippen LogP contribution in [0.5, 0.6) is 0 Å². The molecule has 20 heavy (non-hydrogen) atoms. The summed E-state index contributed by atoms with van der Waals surface area (Å²) in [6.45, 7) is 10.7. The van der Waals surface area contributed by atoms with Crippen LogP contribution >= 0.6 is 11.3 Å².